The first kappa shape index (κ1) is 16.5. The average Bonchev–Trinajstić information content (AvgIpc) is 2.36. The van der Waals surface area contributed by atoms with Gasteiger partial charge in [-0.2, -0.15) is 13.2 Å². The number of ether oxygens (including phenoxy) is 1. The van der Waals surface area contributed by atoms with Crippen LogP contribution >= 0.6 is 39.1 Å². The molecular weight excluding hydrogens is 392 g/mol. The first-order valence-electron chi connectivity index (χ1n) is 5.69. The molecule has 2 aromatic carbocycles. The number of halogens is 6. The van der Waals surface area contributed by atoms with Gasteiger partial charge in [0, 0.05) is 15.4 Å². The van der Waals surface area contributed by atoms with Crippen LogP contribution in [0.3, 0.4) is 0 Å². The van der Waals surface area contributed by atoms with Crippen LogP contribution < -0.4 is 4.74 Å². The van der Waals surface area contributed by atoms with Crippen LogP contribution in [-0.2, 0) is 11.5 Å². The van der Waals surface area contributed by atoms with Gasteiger partial charge in [0.1, 0.15) is 11.5 Å². The van der Waals surface area contributed by atoms with Crippen LogP contribution in [0.2, 0.25) is 10.0 Å². The molecule has 1 nitrogen and oxygen atoms in total. The van der Waals surface area contributed by atoms with Crippen molar-refractivity contribution in [2.24, 2.45) is 0 Å². The molecule has 0 aromatic heterocycles. The van der Waals surface area contributed by atoms with Gasteiger partial charge in [-0.05, 0) is 35.9 Å². The van der Waals surface area contributed by atoms with Gasteiger partial charge < -0.3 is 4.74 Å². The molecule has 0 heterocycles. The number of hydrogen-bond acceptors (Lipinski definition) is 1. The number of alkyl halides is 4. The van der Waals surface area contributed by atoms with Gasteiger partial charge in [0.15, 0.2) is 0 Å². The molecular formula is C14H8BrCl2F3O. The normalized spacial score (nSPS) is 11.5. The summed E-state index contributed by atoms with van der Waals surface area (Å²) < 4.78 is 44.5. The van der Waals surface area contributed by atoms with Crippen molar-refractivity contribution < 1.29 is 17.9 Å². The Morgan fingerprint density at radius 2 is 1.62 bits per heavy atom. The van der Waals surface area contributed by atoms with Gasteiger partial charge in [0.2, 0.25) is 0 Å². The van der Waals surface area contributed by atoms with Gasteiger partial charge in [-0.3, -0.25) is 0 Å². The zero-order chi connectivity index (χ0) is 15.6. The van der Waals surface area contributed by atoms with Gasteiger partial charge in [0.05, 0.1) is 5.56 Å². The molecule has 0 aliphatic rings. The van der Waals surface area contributed by atoms with Gasteiger partial charge >= 0.3 is 6.18 Å². The van der Waals surface area contributed by atoms with E-state index in [1.54, 1.807) is 6.07 Å². The Hall–Kier alpha value is -0.910. The molecule has 0 spiro atoms. The SMILES string of the molecule is FC(F)(F)c1cc(CBr)ccc1Oc1cc(Cl)cc(Cl)c1. The van der Waals surface area contributed by atoms with E-state index in [1.165, 1.54) is 24.3 Å². The highest BCUT2D eigenvalue weighted by Gasteiger charge is 2.34. The molecule has 112 valence electrons. The third-order valence-electron chi connectivity index (χ3n) is 2.57. The van der Waals surface area contributed by atoms with Crippen LogP contribution in [0, 0.1) is 0 Å². The van der Waals surface area contributed by atoms with Crippen molar-refractivity contribution in [2.75, 3.05) is 0 Å². The molecule has 0 aliphatic carbocycles. The summed E-state index contributed by atoms with van der Waals surface area (Å²) in [4.78, 5) is 0. The second kappa shape index (κ2) is 6.46. The van der Waals surface area contributed by atoms with E-state index in [1.807, 2.05) is 0 Å². The van der Waals surface area contributed by atoms with E-state index in [-0.39, 0.29) is 21.5 Å². The quantitative estimate of drug-likeness (QED) is 0.521. The van der Waals surface area contributed by atoms with E-state index >= 15 is 0 Å². The number of benzene rings is 2. The Kier molecular flexibility index (Phi) is 5.07. The minimum atomic E-state index is -4.52. The van der Waals surface area contributed by atoms with E-state index in [0.29, 0.717) is 10.9 Å². The zero-order valence-electron chi connectivity index (χ0n) is 10.3. The molecule has 0 saturated heterocycles. The first-order valence-corrected chi connectivity index (χ1v) is 7.57. The monoisotopic (exact) mass is 398 g/mol. The van der Waals surface area contributed by atoms with Crippen molar-refractivity contribution in [1.82, 2.24) is 0 Å². The summed E-state index contributed by atoms with van der Waals surface area (Å²) in [7, 11) is 0. The van der Waals surface area contributed by atoms with Crippen molar-refractivity contribution >= 4 is 39.1 Å². The second-order valence-electron chi connectivity index (χ2n) is 4.17. The molecule has 0 unspecified atom stereocenters. The van der Waals surface area contributed by atoms with E-state index in [9.17, 15) is 13.2 Å². The fourth-order valence-corrected chi connectivity index (χ4v) is 2.54. The number of hydrogen-bond donors (Lipinski definition) is 0. The van der Waals surface area contributed by atoms with Crippen molar-refractivity contribution in [3.05, 3.63) is 57.6 Å². The van der Waals surface area contributed by atoms with E-state index < -0.39 is 11.7 Å². The fourth-order valence-electron chi connectivity index (χ4n) is 1.69. The standard InChI is InChI=1S/C14H8BrCl2F3O/c15-7-8-1-2-13(12(3-8)14(18,19)20)21-11-5-9(16)4-10(17)6-11/h1-6H,7H2. The lowest BCUT2D eigenvalue weighted by molar-refractivity contribution is -0.138. The summed E-state index contributed by atoms with van der Waals surface area (Å²) in [5, 5.41) is 0.880. The van der Waals surface area contributed by atoms with Crippen molar-refractivity contribution in [3.8, 4) is 11.5 Å². The molecule has 7 heteroatoms. The lowest BCUT2D eigenvalue weighted by Crippen LogP contribution is -2.07. The van der Waals surface area contributed by atoms with Gasteiger partial charge in [-0.15, -0.1) is 0 Å². The minimum Gasteiger partial charge on any atom is -0.457 e. The first-order chi connectivity index (χ1) is 9.79. The Morgan fingerprint density at radius 3 is 2.14 bits per heavy atom. The van der Waals surface area contributed by atoms with Gasteiger partial charge in [0.25, 0.3) is 0 Å². The molecule has 0 aliphatic heterocycles. The topological polar surface area (TPSA) is 9.23 Å². The highest BCUT2D eigenvalue weighted by molar-refractivity contribution is 9.08. The van der Waals surface area contributed by atoms with Crippen LogP contribution in [0.4, 0.5) is 13.2 Å². The maximum Gasteiger partial charge on any atom is 0.419 e. The second-order valence-corrected chi connectivity index (χ2v) is 5.60. The number of rotatable bonds is 3. The maximum absolute atomic E-state index is 13.1. The van der Waals surface area contributed by atoms with Gasteiger partial charge in [-0.1, -0.05) is 45.2 Å². The molecule has 0 amide bonds. The Labute approximate surface area is 137 Å². The molecule has 0 saturated carbocycles. The van der Waals surface area contributed by atoms with Crippen LogP contribution in [0.1, 0.15) is 11.1 Å². The molecule has 0 radical (unpaired) electrons. The van der Waals surface area contributed by atoms with E-state index in [0.717, 1.165) is 6.07 Å². The fraction of sp³-hybridized carbons (Fsp3) is 0.143. The third-order valence-corrected chi connectivity index (χ3v) is 3.65. The van der Waals surface area contributed by atoms with Crippen LogP contribution in [0.5, 0.6) is 11.5 Å². The lowest BCUT2D eigenvalue weighted by atomic mass is 10.1. The maximum atomic E-state index is 13.1. The third kappa shape index (κ3) is 4.28. The summed E-state index contributed by atoms with van der Waals surface area (Å²) in [6.45, 7) is 0. The molecule has 21 heavy (non-hydrogen) atoms. The molecule has 0 bridgehead atoms. The molecule has 0 N–H and O–H groups in total. The summed E-state index contributed by atoms with van der Waals surface area (Å²) in [5.74, 6) is -0.157. The molecule has 0 atom stereocenters. The molecule has 0 fully saturated rings. The van der Waals surface area contributed by atoms with E-state index in [2.05, 4.69) is 15.9 Å². The van der Waals surface area contributed by atoms with Crippen molar-refractivity contribution in [1.29, 1.82) is 0 Å². The Morgan fingerprint density at radius 1 is 1.00 bits per heavy atom. The van der Waals surface area contributed by atoms with Crippen molar-refractivity contribution in [3.63, 3.8) is 0 Å². The Balaban J connectivity index is 2.43. The summed E-state index contributed by atoms with van der Waals surface area (Å²) in [5.41, 5.74) is -0.352. The smallest absolute Gasteiger partial charge is 0.419 e. The highest BCUT2D eigenvalue weighted by atomic mass is 79.9. The van der Waals surface area contributed by atoms with Crippen LogP contribution in [0.25, 0.3) is 0 Å². The van der Waals surface area contributed by atoms with Gasteiger partial charge in [-0.25, -0.2) is 0 Å². The molecule has 2 rings (SSSR count). The van der Waals surface area contributed by atoms with E-state index in [4.69, 9.17) is 27.9 Å². The van der Waals surface area contributed by atoms with Crippen LogP contribution in [0.15, 0.2) is 36.4 Å². The summed E-state index contributed by atoms with van der Waals surface area (Å²) in [6.07, 6.45) is -4.52. The summed E-state index contributed by atoms with van der Waals surface area (Å²) in [6, 6.07) is 8.11. The average molecular weight is 400 g/mol. The lowest BCUT2D eigenvalue weighted by Gasteiger charge is -2.15. The predicted molar refractivity (Wildman–Crippen MR) is 80.6 cm³/mol. The summed E-state index contributed by atoms with van der Waals surface area (Å²) >= 11 is 14.7. The Bertz CT molecular complexity index is 639. The molecule has 2 aromatic rings. The predicted octanol–water partition coefficient (Wildman–Crippen LogP) is 6.70. The minimum absolute atomic E-state index is 0.143. The largest absolute Gasteiger partial charge is 0.457 e. The zero-order valence-corrected chi connectivity index (χ0v) is 13.4. The van der Waals surface area contributed by atoms with Crippen molar-refractivity contribution in [2.45, 2.75) is 11.5 Å². The van der Waals surface area contributed by atoms with Crippen LogP contribution in [-0.4, -0.2) is 0 Å². The highest BCUT2D eigenvalue weighted by Crippen LogP contribution is 2.39.